The third kappa shape index (κ3) is 8.56. The van der Waals surface area contributed by atoms with Crippen molar-refractivity contribution >= 4 is 35.0 Å². The smallest absolute Gasteiger partial charge is 0.303 e. The number of amides is 1. The summed E-state index contributed by atoms with van der Waals surface area (Å²) in [5, 5.41) is 21.7. The molecule has 5 rings (SSSR count). The number of benzene rings is 3. The molecule has 0 aliphatic carbocycles. The number of aliphatic hydroxyl groups excluding tert-OH is 1. The molecule has 0 spiro atoms. The van der Waals surface area contributed by atoms with E-state index in [0.29, 0.717) is 12.3 Å². The van der Waals surface area contributed by atoms with E-state index in [-0.39, 0.29) is 30.6 Å². The van der Waals surface area contributed by atoms with E-state index in [4.69, 9.17) is 14.2 Å². The number of carbonyl (C=O) groups is 2. The van der Waals surface area contributed by atoms with E-state index in [2.05, 4.69) is 28.5 Å². The summed E-state index contributed by atoms with van der Waals surface area (Å²) in [5.41, 5.74) is 5.66. The molecule has 0 saturated carbocycles. The van der Waals surface area contributed by atoms with Crippen molar-refractivity contribution in [2.24, 2.45) is 5.92 Å². The van der Waals surface area contributed by atoms with E-state index < -0.39 is 18.4 Å². The summed E-state index contributed by atoms with van der Waals surface area (Å²) in [7, 11) is 0. The predicted octanol–water partition coefficient (Wildman–Crippen LogP) is 6.16. The fourth-order valence-electron chi connectivity index (χ4n) is 5.16. The number of rotatable bonds is 11. The Morgan fingerprint density at radius 3 is 2.42 bits per heavy atom. The number of nitrogens with one attached hydrogen (secondary N) is 1. The molecule has 1 aliphatic heterocycles. The van der Waals surface area contributed by atoms with Crippen molar-refractivity contribution < 1.29 is 28.9 Å². The Bertz CT molecular complexity index is 1610. The molecule has 11 heteroatoms. The van der Waals surface area contributed by atoms with Crippen LogP contribution in [0.2, 0.25) is 0 Å². The van der Waals surface area contributed by atoms with Crippen LogP contribution >= 0.6 is 23.1 Å². The van der Waals surface area contributed by atoms with E-state index in [1.54, 1.807) is 30.0 Å². The van der Waals surface area contributed by atoms with Crippen molar-refractivity contribution in [3.05, 3.63) is 100 Å². The van der Waals surface area contributed by atoms with Crippen molar-refractivity contribution in [2.45, 2.75) is 69.8 Å². The number of ether oxygens (including phenoxy) is 3. The molecule has 2 N–H and O–H groups in total. The SMILES string of the molecule is CC(=O)O[C@@H](C)C(=O)NCc1cccc(-c2cccc([C@H]3O[C@@H](CSc4nnc(C)s4)[C@@H](C)[C@@H](c4ccc(CO)cc4)O3)c2)c1. The first-order valence-electron chi connectivity index (χ1n) is 14.8. The van der Waals surface area contributed by atoms with Crippen molar-refractivity contribution in [1.82, 2.24) is 15.5 Å². The molecular formula is C34H37N3O6S2. The minimum Gasteiger partial charge on any atom is -0.453 e. The van der Waals surface area contributed by atoms with Crippen LogP contribution in [0.1, 0.15) is 60.4 Å². The first kappa shape index (κ1) is 32.8. The van der Waals surface area contributed by atoms with Gasteiger partial charge in [-0.1, -0.05) is 90.7 Å². The van der Waals surface area contributed by atoms with Gasteiger partial charge in [-0.3, -0.25) is 9.59 Å². The van der Waals surface area contributed by atoms with Crippen LogP contribution < -0.4 is 5.32 Å². The zero-order chi connectivity index (χ0) is 31.9. The van der Waals surface area contributed by atoms with Crippen LogP contribution in [-0.2, 0) is 37.0 Å². The Labute approximate surface area is 271 Å². The molecule has 9 nitrogen and oxygen atoms in total. The van der Waals surface area contributed by atoms with Crippen LogP contribution in [0.4, 0.5) is 0 Å². The van der Waals surface area contributed by atoms with Gasteiger partial charge < -0.3 is 24.6 Å². The highest BCUT2D eigenvalue weighted by Gasteiger charge is 2.38. The number of hydrogen-bond acceptors (Lipinski definition) is 10. The van der Waals surface area contributed by atoms with Crippen LogP contribution in [0.3, 0.4) is 0 Å². The fourth-order valence-corrected chi connectivity index (χ4v) is 7.17. The minimum atomic E-state index is -0.860. The van der Waals surface area contributed by atoms with Crippen molar-refractivity contribution in [3.63, 3.8) is 0 Å². The number of aromatic nitrogens is 2. The van der Waals surface area contributed by atoms with Gasteiger partial charge in [0.15, 0.2) is 16.7 Å². The molecule has 45 heavy (non-hydrogen) atoms. The van der Waals surface area contributed by atoms with Gasteiger partial charge >= 0.3 is 5.97 Å². The van der Waals surface area contributed by atoms with Crippen LogP contribution in [0.25, 0.3) is 11.1 Å². The molecule has 5 atom stereocenters. The van der Waals surface area contributed by atoms with Gasteiger partial charge in [-0.15, -0.1) is 10.2 Å². The summed E-state index contributed by atoms with van der Waals surface area (Å²) in [6.07, 6.45) is -1.80. The van der Waals surface area contributed by atoms with E-state index in [1.807, 2.05) is 73.7 Å². The number of aliphatic hydroxyl groups is 1. The lowest BCUT2D eigenvalue weighted by Crippen LogP contribution is -2.38. The summed E-state index contributed by atoms with van der Waals surface area (Å²) < 4.78 is 19.2. The molecule has 0 bridgehead atoms. The largest absolute Gasteiger partial charge is 0.453 e. The van der Waals surface area contributed by atoms with E-state index in [0.717, 1.165) is 42.7 Å². The summed E-state index contributed by atoms with van der Waals surface area (Å²) in [5.74, 6) is -0.0955. The standard InChI is InChI=1S/C34H37N3O6S2/c1-20-30(19-44-34-37-36-22(3)45-34)42-33(43-31(20)26-13-11-24(18-38)12-14-26)29-10-6-9-28(16-29)27-8-5-7-25(15-27)17-35-32(40)21(2)41-23(4)39/h5-16,20-21,30-31,33,38H,17-19H2,1-4H3,(H,35,40)/t20-,21+,30+,31+,33+/m1/s1. The van der Waals surface area contributed by atoms with Gasteiger partial charge in [0.2, 0.25) is 0 Å². The number of nitrogens with zero attached hydrogens (tertiary/aromatic N) is 2. The van der Waals surface area contributed by atoms with Gasteiger partial charge in [-0.2, -0.15) is 0 Å². The van der Waals surface area contributed by atoms with Gasteiger partial charge in [0.1, 0.15) is 5.01 Å². The van der Waals surface area contributed by atoms with E-state index >= 15 is 0 Å². The number of carbonyl (C=O) groups excluding carboxylic acids is 2. The number of esters is 1. The Kier molecular flexibility index (Phi) is 11.0. The molecule has 1 amide bonds. The lowest BCUT2D eigenvalue weighted by atomic mass is 9.91. The zero-order valence-electron chi connectivity index (χ0n) is 25.6. The average Bonchev–Trinajstić information content (AvgIpc) is 3.47. The molecule has 3 aromatic carbocycles. The van der Waals surface area contributed by atoms with E-state index in [1.165, 1.54) is 6.92 Å². The number of aryl methyl sites for hydroxylation is 1. The summed E-state index contributed by atoms with van der Waals surface area (Å²) in [4.78, 5) is 23.5. The first-order chi connectivity index (χ1) is 21.7. The van der Waals surface area contributed by atoms with Crippen LogP contribution in [0, 0.1) is 12.8 Å². The van der Waals surface area contributed by atoms with Crippen LogP contribution in [0.5, 0.6) is 0 Å². The maximum Gasteiger partial charge on any atom is 0.303 e. The first-order valence-corrected chi connectivity index (χ1v) is 16.6. The topological polar surface area (TPSA) is 120 Å². The second kappa shape index (κ2) is 15.1. The van der Waals surface area contributed by atoms with E-state index in [9.17, 15) is 14.7 Å². The zero-order valence-corrected chi connectivity index (χ0v) is 27.3. The lowest BCUT2D eigenvalue weighted by molar-refractivity contribution is -0.268. The van der Waals surface area contributed by atoms with Gasteiger partial charge in [-0.05, 0) is 53.8 Å². The summed E-state index contributed by atoms with van der Waals surface area (Å²) >= 11 is 3.21. The molecule has 1 aromatic heterocycles. The summed E-state index contributed by atoms with van der Waals surface area (Å²) in [6.45, 7) is 7.20. The highest BCUT2D eigenvalue weighted by atomic mass is 32.2. The minimum absolute atomic E-state index is 0.0125. The third-order valence-electron chi connectivity index (χ3n) is 7.60. The second-order valence-corrected chi connectivity index (χ2v) is 13.5. The van der Waals surface area contributed by atoms with Crippen molar-refractivity contribution in [3.8, 4) is 11.1 Å². The maximum atomic E-state index is 12.3. The molecule has 0 radical (unpaired) electrons. The molecular weight excluding hydrogens is 611 g/mol. The van der Waals surface area contributed by atoms with Crippen molar-refractivity contribution in [2.75, 3.05) is 5.75 Å². The Morgan fingerprint density at radius 2 is 1.73 bits per heavy atom. The number of thioether (sulfide) groups is 1. The monoisotopic (exact) mass is 647 g/mol. The second-order valence-electron chi connectivity index (χ2n) is 11.0. The molecule has 1 fully saturated rings. The normalized spacial score (nSPS) is 20.4. The van der Waals surface area contributed by atoms with Gasteiger partial charge in [0.05, 0.1) is 18.8 Å². The van der Waals surface area contributed by atoms with Crippen molar-refractivity contribution in [1.29, 1.82) is 0 Å². The summed E-state index contributed by atoms with van der Waals surface area (Å²) in [6, 6.07) is 23.9. The Balaban J connectivity index is 1.35. The number of hydrogen-bond donors (Lipinski definition) is 2. The van der Waals surface area contributed by atoms with Gasteiger partial charge in [-0.25, -0.2) is 0 Å². The molecule has 2 heterocycles. The Hall–Kier alpha value is -3.61. The molecule has 236 valence electrons. The maximum absolute atomic E-state index is 12.3. The quantitative estimate of drug-likeness (QED) is 0.146. The fraction of sp³-hybridized carbons (Fsp3) is 0.353. The molecule has 0 unspecified atom stereocenters. The van der Waals surface area contributed by atoms with Gasteiger partial charge in [0.25, 0.3) is 5.91 Å². The molecule has 1 aliphatic rings. The molecule has 4 aromatic rings. The highest BCUT2D eigenvalue weighted by molar-refractivity contribution is 8.01. The highest BCUT2D eigenvalue weighted by Crippen LogP contribution is 2.43. The predicted molar refractivity (Wildman–Crippen MR) is 173 cm³/mol. The Morgan fingerprint density at radius 1 is 1.00 bits per heavy atom. The average molecular weight is 648 g/mol. The lowest BCUT2D eigenvalue weighted by Gasteiger charge is -2.41. The van der Waals surface area contributed by atoms with Gasteiger partial charge in [0, 0.05) is 30.7 Å². The van der Waals surface area contributed by atoms with Crippen LogP contribution in [-0.4, -0.2) is 45.1 Å². The van der Waals surface area contributed by atoms with Crippen LogP contribution in [0.15, 0.2) is 77.1 Å². The molecule has 1 saturated heterocycles. The third-order valence-corrected chi connectivity index (χ3v) is 9.66.